The van der Waals surface area contributed by atoms with Gasteiger partial charge < -0.3 is 10.4 Å². The predicted octanol–water partition coefficient (Wildman–Crippen LogP) is 2.04. The number of halogens is 1. The van der Waals surface area contributed by atoms with E-state index in [1.54, 1.807) is 17.8 Å². The molecular weight excluding hydrogens is 277 g/mol. The van der Waals surface area contributed by atoms with Crippen molar-refractivity contribution in [3.8, 4) is 11.8 Å². The fourth-order valence-corrected chi connectivity index (χ4v) is 1.92. The quantitative estimate of drug-likeness (QED) is 0.624. The Bertz CT molecular complexity index is 508. The number of aliphatic hydroxyl groups excluding tert-OH is 1. The average Bonchev–Trinajstić information content (AvgIpc) is 2.45. The summed E-state index contributed by atoms with van der Waals surface area (Å²) in [5, 5.41) is 11.3. The number of aliphatic hydroxyl groups is 1. The molecule has 1 aromatic rings. The van der Waals surface area contributed by atoms with Crippen molar-refractivity contribution in [3.05, 3.63) is 35.1 Å². The number of nitrogens with one attached hydrogen (secondary N) is 1. The van der Waals surface area contributed by atoms with Gasteiger partial charge >= 0.3 is 0 Å². The van der Waals surface area contributed by atoms with Gasteiger partial charge in [0, 0.05) is 18.5 Å². The third-order valence-electron chi connectivity index (χ3n) is 2.50. The molecule has 0 aliphatic carbocycles. The number of thioether (sulfide) groups is 1. The molecule has 1 rings (SSSR count). The van der Waals surface area contributed by atoms with E-state index < -0.39 is 5.82 Å². The summed E-state index contributed by atoms with van der Waals surface area (Å²) in [5.41, 5.74) is 0.525. The fourth-order valence-electron chi connectivity index (χ4n) is 1.49. The molecule has 3 nitrogen and oxygen atoms in total. The number of hydrogen-bond donors (Lipinski definition) is 2. The number of amides is 1. The highest BCUT2D eigenvalue weighted by Gasteiger charge is 2.08. The number of carbonyl (C=O) groups excluding carboxylic acids is 1. The molecule has 0 radical (unpaired) electrons. The second kappa shape index (κ2) is 9.40. The Balaban J connectivity index is 2.62. The van der Waals surface area contributed by atoms with Gasteiger partial charge in [0.15, 0.2) is 0 Å². The minimum atomic E-state index is -0.521. The van der Waals surface area contributed by atoms with E-state index in [0.29, 0.717) is 18.5 Å². The number of rotatable bonds is 6. The summed E-state index contributed by atoms with van der Waals surface area (Å²) in [6.45, 7) is 0.532. The lowest BCUT2D eigenvalue weighted by atomic mass is 10.1. The normalized spacial score (nSPS) is 9.75. The lowest BCUT2D eigenvalue weighted by molar-refractivity contribution is 0.0953. The van der Waals surface area contributed by atoms with E-state index in [-0.39, 0.29) is 18.1 Å². The lowest BCUT2D eigenvalue weighted by Gasteiger charge is -2.05. The fraction of sp³-hybridized carbons (Fsp3) is 0.400. The number of hydrogen-bond acceptors (Lipinski definition) is 3. The summed E-state index contributed by atoms with van der Waals surface area (Å²) < 4.78 is 13.7. The smallest absolute Gasteiger partial charge is 0.251 e. The lowest BCUT2D eigenvalue weighted by Crippen LogP contribution is -2.24. The van der Waals surface area contributed by atoms with E-state index in [4.69, 9.17) is 5.11 Å². The minimum Gasteiger partial charge on any atom is -0.395 e. The molecule has 20 heavy (non-hydrogen) atoms. The average molecular weight is 295 g/mol. The molecule has 0 saturated heterocycles. The highest BCUT2D eigenvalue weighted by atomic mass is 32.2. The second-order valence-electron chi connectivity index (χ2n) is 4.07. The molecule has 0 spiro atoms. The summed E-state index contributed by atoms with van der Waals surface area (Å²) in [6.07, 6.45) is 3.20. The van der Waals surface area contributed by atoms with Crippen LogP contribution in [0.4, 0.5) is 4.39 Å². The van der Waals surface area contributed by atoms with Gasteiger partial charge in [-0.15, -0.1) is 0 Å². The Morgan fingerprint density at radius 2 is 2.30 bits per heavy atom. The van der Waals surface area contributed by atoms with E-state index in [9.17, 15) is 9.18 Å². The Morgan fingerprint density at radius 3 is 2.95 bits per heavy atom. The molecule has 2 N–H and O–H groups in total. The monoisotopic (exact) mass is 295 g/mol. The highest BCUT2D eigenvalue weighted by Crippen LogP contribution is 2.09. The molecule has 0 fully saturated rings. The van der Waals surface area contributed by atoms with Crippen molar-refractivity contribution in [1.29, 1.82) is 0 Å². The molecule has 0 heterocycles. The molecule has 0 saturated carbocycles. The van der Waals surface area contributed by atoms with E-state index in [1.165, 1.54) is 12.1 Å². The summed E-state index contributed by atoms with van der Waals surface area (Å²) in [5.74, 6) is 5.45. The molecule has 108 valence electrons. The van der Waals surface area contributed by atoms with Gasteiger partial charge in [-0.3, -0.25) is 4.79 Å². The van der Waals surface area contributed by atoms with Crippen LogP contribution in [0.15, 0.2) is 18.2 Å². The van der Waals surface area contributed by atoms with Gasteiger partial charge in [-0.2, -0.15) is 11.8 Å². The number of carbonyl (C=O) groups is 1. The molecule has 1 aromatic carbocycles. The van der Waals surface area contributed by atoms with Crippen molar-refractivity contribution in [3.63, 3.8) is 0 Å². The van der Waals surface area contributed by atoms with E-state index >= 15 is 0 Å². The first kappa shape index (κ1) is 16.5. The maximum atomic E-state index is 13.7. The van der Waals surface area contributed by atoms with Crippen LogP contribution in [-0.2, 0) is 0 Å². The maximum absolute atomic E-state index is 13.7. The number of benzene rings is 1. The van der Waals surface area contributed by atoms with Crippen LogP contribution in [0.2, 0.25) is 0 Å². The zero-order valence-corrected chi connectivity index (χ0v) is 12.2. The SMILES string of the molecule is CSCCCNC(=O)c1ccc(C#CCCO)c(F)c1. The van der Waals surface area contributed by atoms with Crippen molar-refractivity contribution in [1.82, 2.24) is 5.32 Å². The van der Waals surface area contributed by atoms with Crippen LogP contribution >= 0.6 is 11.8 Å². The van der Waals surface area contributed by atoms with Crippen LogP contribution in [0.25, 0.3) is 0 Å². The Labute approximate surface area is 123 Å². The van der Waals surface area contributed by atoms with Gasteiger partial charge in [-0.25, -0.2) is 4.39 Å². The van der Waals surface area contributed by atoms with Gasteiger partial charge in [0.25, 0.3) is 5.91 Å². The van der Waals surface area contributed by atoms with Crippen LogP contribution < -0.4 is 5.32 Å². The largest absolute Gasteiger partial charge is 0.395 e. The van der Waals surface area contributed by atoms with E-state index in [1.807, 2.05) is 6.26 Å². The topological polar surface area (TPSA) is 49.3 Å². The molecule has 0 aromatic heterocycles. The minimum absolute atomic E-state index is 0.0504. The Morgan fingerprint density at radius 1 is 1.50 bits per heavy atom. The second-order valence-corrected chi connectivity index (χ2v) is 5.06. The Kier molecular flexibility index (Phi) is 7.78. The van der Waals surface area contributed by atoms with Gasteiger partial charge in [-0.1, -0.05) is 11.8 Å². The van der Waals surface area contributed by atoms with Gasteiger partial charge in [0.1, 0.15) is 5.82 Å². The Hall–Kier alpha value is -1.51. The molecule has 1 amide bonds. The van der Waals surface area contributed by atoms with Gasteiger partial charge in [0.05, 0.1) is 12.2 Å². The molecule has 0 unspecified atom stereocenters. The van der Waals surface area contributed by atoms with Crippen LogP contribution in [0.5, 0.6) is 0 Å². The van der Waals surface area contributed by atoms with Crippen molar-refractivity contribution in [2.75, 3.05) is 25.2 Å². The van der Waals surface area contributed by atoms with Crippen molar-refractivity contribution in [2.24, 2.45) is 0 Å². The zero-order valence-electron chi connectivity index (χ0n) is 11.4. The summed E-state index contributed by atoms with van der Waals surface area (Å²) >= 11 is 1.72. The first-order valence-electron chi connectivity index (χ1n) is 6.35. The van der Waals surface area contributed by atoms with Crippen LogP contribution in [0.3, 0.4) is 0 Å². The van der Waals surface area contributed by atoms with Gasteiger partial charge in [-0.05, 0) is 36.6 Å². The van der Waals surface area contributed by atoms with Crippen LogP contribution in [-0.4, -0.2) is 36.2 Å². The molecule has 0 aliphatic rings. The van der Waals surface area contributed by atoms with Crippen LogP contribution in [0.1, 0.15) is 28.8 Å². The first-order chi connectivity index (χ1) is 9.69. The molecule has 0 atom stereocenters. The van der Waals surface area contributed by atoms with Crippen molar-refractivity contribution in [2.45, 2.75) is 12.8 Å². The molecule has 0 aliphatic heterocycles. The zero-order chi connectivity index (χ0) is 14.8. The third-order valence-corrected chi connectivity index (χ3v) is 3.20. The van der Waals surface area contributed by atoms with Crippen molar-refractivity contribution >= 4 is 17.7 Å². The molecule has 5 heteroatoms. The highest BCUT2D eigenvalue weighted by molar-refractivity contribution is 7.98. The molecule has 0 bridgehead atoms. The van der Waals surface area contributed by atoms with E-state index in [0.717, 1.165) is 12.2 Å². The summed E-state index contributed by atoms with van der Waals surface area (Å²) in [4.78, 5) is 11.8. The first-order valence-corrected chi connectivity index (χ1v) is 7.75. The van der Waals surface area contributed by atoms with Gasteiger partial charge in [0.2, 0.25) is 0 Å². The summed E-state index contributed by atoms with van der Waals surface area (Å²) in [7, 11) is 0. The standard InChI is InChI=1S/C15H18FNO2S/c1-20-10-4-8-17-15(19)13-7-6-12(14(16)11-13)5-2-3-9-18/h6-7,11,18H,3-4,8-10H2,1H3,(H,17,19). The maximum Gasteiger partial charge on any atom is 0.251 e. The summed E-state index contributed by atoms with van der Waals surface area (Å²) in [6, 6.07) is 4.22. The molecular formula is C15H18FNO2S. The van der Waals surface area contributed by atoms with Crippen LogP contribution in [0, 0.1) is 17.7 Å². The third kappa shape index (κ3) is 5.64. The van der Waals surface area contributed by atoms with E-state index in [2.05, 4.69) is 17.2 Å². The predicted molar refractivity (Wildman–Crippen MR) is 80.3 cm³/mol. The van der Waals surface area contributed by atoms with Crippen molar-refractivity contribution < 1.29 is 14.3 Å².